The minimum atomic E-state index is -0.836. The first kappa shape index (κ1) is 12.6. The third-order valence-electron chi connectivity index (χ3n) is 2.11. The lowest BCUT2D eigenvalue weighted by Crippen LogP contribution is -2.44. The minimum absolute atomic E-state index is 0.0988. The average Bonchev–Trinajstić information content (AvgIpc) is 2.78. The summed E-state index contributed by atoms with van der Waals surface area (Å²) in [5.41, 5.74) is 3.84. The van der Waals surface area contributed by atoms with Crippen LogP contribution in [0.2, 0.25) is 0 Å². The summed E-state index contributed by atoms with van der Waals surface area (Å²) in [5, 5.41) is 2.69. The quantitative estimate of drug-likeness (QED) is 0.760. The molecule has 0 bridgehead atoms. The molecule has 0 saturated heterocycles. The van der Waals surface area contributed by atoms with Gasteiger partial charge in [0.05, 0.1) is 5.54 Å². The summed E-state index contributed by atoms with van der Waals surface area (Å²) in [7, 11) is 0. The van der Waals surface area contributed by atoms with Gasteiger partial charge in [-0.1, -0.05) is 0 Å². The van der Waals surface area contributed by atoms with Crippen molar-refractivity contribution < 1.29 is 19.1 Å². The lowest BCUT2D eigenvalue weighted by Gasteiger charge is -2.23. The highest BCUT2D eigenvalue weighted by atomic mass is 16.6. The van der Waals surface area contributed by atoms with Crippen LogP contribution in [0.3, 0.4) is 0 Å². The standard InChI is InChI=1S/C10H18N2O4/c1-9(2,3)16-8(14)12-10(4-5-10)6-15-7(11)13/h4-6H2,1-3H3,(H2,11,13)(H,12,14). The first-order chi connectivity index (χ1) is 7.22. The molecule has 0 spiro atoms. The topological polar surface area (TPSA) is 90.7 Å². The first-order valence-corrected chi connectivity index (χ1v) is 5.16. The van der Waals surface area contributed by atoms with E-state index in [1.54, 1.807) is 20.8 Å². The molecule has 6 nitrogen and oxygen atoms in total. The number of amides is 2. The monoisotopic (exact) mass is 230 g/mol. The van der Waals surface area contributed by atoms with E-state index in [9.17, 15) is 9.59 Å². The highest BCUT2D eigenvalue weighted by Gasteiger charge is 2.46. The molecule has 1 rings (SSSR count). The second-order valence-corrected chi connectivity index (χ2v) is 5.01. The number of primary amides is 1. The number of rotatable bonds is 3. The van der Waals surface area contributed by atoms with Crippen molar-refractivity contribution in [3.05, 3.63) is 0 Å². The van der Waals surface area contributed by atoms with Gasteiger partial charge in [0.25, 0.3) is 0 Å². The van der Waals surface area contributed by atoms with Crippen LogP contribution in [-0.2, 0) is 9.47 Å². The molecule has 1 aliphatic carbocycles. The van der Waals surface area contributed by atoms with Crippen LogP contribution in [0.25, 0.3) is 0 Å². The smallest absolute Gasteiger partial charge is 0.408 e. The lowest BCUT2D eigenvalue weighted by molar-refractivity contribution is 0.0460. The van der Waals surface area contributed by atoms with Crippen molar-refractivity contribution in [2.75, 3.05) is 6.61 Å². The van der Waals surface area contributed by atoms with Crippen LogP contribution in [0.15, 0.2) is 0 Å². The second kappa shape index (κ2) is 4.19. The molecule has 1 saturated carbocycles. The van der Waals surface area contributed by atoms with Crippen LogP contribution in [-0.4, -0.2) is 29.9 Å². The Labute approximate surface area is 94.5 Å². The van der Waals surface area contributed by atoms with Gasteiger partial charge in [-0.3, -0.25) is 0 Å². The summed E-state index contributed by atoms with van der Waals surface area (Å²) in [6, 6.07) is 0. The molecule has 0 aromatic carbocycles. The third-order valence-corrected chi connectivity index (χ3v) is 2.11. The van der Waals surface area contributed by atoms with E-state index in [2.05, 4.69) is 10.1 Å². The summed E-state index contributed by atoms with van der Waals surface area (Å²) in [6.45, 7) is 5.45. The van der Waals surface area contributed by atoms with E-state index >= 15 is 0 Å². The van der Waals surface area contributed by atoms with Crippen molar-refractivity contribution in [3.8, 4) is 0 Å². The Morgan fingerprint density at radius 3 is 2.31 bits per heavy atom. The van der Waals surface area contributed by atoms with E-state index in [-0.39, 0.29) is 6.61 Å². The van der Waals surface area contributed by atoms with Crippen molar-refractivity contribution in [2.45, 2.75) is 44.8 Å². The Bertz CT molecular complexity index is 292. The molecule has 0 aromatic rings. The summed E-state index contributed by atoms with van der Waals surface area (Å²) in [4.78, 5) is 21.9. The van der Waals surface area contributed by atoms with E-state index in [0.717, 1.165) is 12.8 Å². The van der Waals surface area contributed by atoms with Crippen molar-refractivity contribution in [2.24, 2.45) is 5.73 Å². The zero-order valence-electron chi connectivity index (χ0n) is 9.83. The second-order valence-electron chi connectivity index (χ2n) is 5.01. The fourth-order valence-electron chi connectivity index (χ4n) is 1.19. The molecule has 1 fully saturated rings. The Morgan fingerprint density at radius 2 is 1.94 bits per heavy atom. The SMILES string of the molecule is CC(C)(C)OC(=O)NC1(COC(N)=O)CC1. The Balaban J connectivity index is 2.36. The van der Waals surface area contributed by atoms with Crippen LogP contribution in [0.5, 0.6) is 0 Å². The van der Waals surface area contributed by atoms with Crippen LogP contribution in [0.4, 0.5) is 9.59 Å². The molecular weight excluding hydrogens is 212 g/mol. The lowest BCUT2D eigenvalue weighted by atomic mass is 10.2. The van der Waals surface area contributed by atoms with Gasteiger partial charge in [-0.05, 0) is 33.6 Å². The average molecular weight is 230 g/mol. The Kier molecular flexibility index (Phi) is 3.30. The molecule has 0 heterocycles. The first-order valence-electron chi connectivity index (χ1n) is 5.16. The van der Waals surface area contributed by atoms with Crippen molar-refractivity contribution in [3.63, 3.8) is 0 Å². The molecule has 92 valence electrons. The highest BCUT2D eigenvalue weighted by molar-refractivity contribution is 5.70. The molecule has 3 N–H and O–H groups in total. The number of hydrogen-bond acceptors (Lipinski definition) is 4. The molecule has 0 aromatic heterocycles. The Hall–Kier alpha value is -1.46. The molecule has 0 aliphatic heterocycles. The molecule has 16 heavy (non-hydrogen) atoms. The van der Waals surface area contributed by atoms with Crippen molar-refractivity contribution in [1.82, 2.24) is 5.32 Å². The van der Waals surface area contributed by atoms with Gasteiger partial charge in [0.15, 0.2) is 0 Å². The molecule has 2 amide bonds. The molecular formula is C10H18N2O4. The summed E-state index contributed by atoms with van der Waals surface area (Å²) in [5.74, 6) is 0. The van der Waals surface area contributed by atoms with Crippen LogP contribution >= 0.6 is 0 Å². The predicted octanol–water partition coefficient (Wildman–Crippen LogP) is 1.14. The normalized spacial score (nSPS) is 17.4. The van der Waals surface area contributed by atoms with Gasteiger partial charge in [-0.2, -0.15) is 0 Å². The number of nitrogens with one attached hydrogen (secondary N) is 1. The number of carbonyl (C=O) groups excluding carboxylic acids is 2. The van der Waals surface area contributed by atoms with E-state index in [4.69, 9.17) is 10.5 Å². The van der Waals surface area contributed by atoms with Gasteiger partial charge < -0.3 is 20.5 Å². The van der Waals surface area contributed by atoms with Crippen LogP contribution < -0.4 is 11.1 Å². The summed E-state index contributed by atoms with van der Waals surface area (Å²) < 4.78 is 9.77. The van der Waals surface area contributed by atoms with Crippen molar-refractivity contribution in [1.29, 1.82) is 0 Å². The zero-order valence-corrected chi connectivity index (χ0v) is 9.83. The molecule has 0 atom stereocenters. The highest BCUT2D eigenvalue weighted by Crippen LogP contribution is 2.35. The third kappa shape index (κ3) is 4.37. The molecule has 0 unspecified atom stereocenters. The maximum atomic E-state index is 11.5. The van der Waals surface area contributed by atoms with E-state index in [1.807, 2.05) is 0 Å². The van der Waals surface area contributed by atoms with Crippen LogP contribution in [0, 0.1) is 0 Å². The van der Waals surface area contributed by atoms with Crippen molar-refractivity contribution >= 4 is 12.2 Å². The molecule has 6 heteroatoms. The number of carbonyl (C=O) groups is 2. The fraction of sp³-hybridized carbons (Fsp3) is 0.800. The van der Waals surface area contributed by atoms with Gasteiger partial charge in [-0.25, -0.2) is 9.59 Å². The van der Waals surface area contributed by atoms with Gasteiger partial charge in [0, 0.05) is 0 Å². The zero-order chi connectivity index (χ0) is 12.4. The Morgan fingerprint density at radius 1 is 1.38 bits per heavy atom. The summed E-state index contributed by atoms with van der Waals surface area (Å²) in [6.07, 6.45) is 0.189. The molecule has 1 aliphatic rings. The maximum Gasteiger partial charge on any atom is 0.408 e. The largest absolute Gasteiger partial charge is 0.447 e. The van der Waals surface area contributed by atoms with E-state index in [1.165, 1.54) is 0 Å². The van der Waals surface area contributed by atoms with E-state index in [0.29, 0.717) is 0 Å². The number of ether oxygens (including phenoxy) is 2. The molecule has 0 radical (unpaired) electrons. The van der Waals surface area contributed by atoms with Gasteiger partial charge in [-0.15, -0.1) is 0 Å². The maximum absolute atomic E-state index is 11.5. The number of hydrogen-bond donors (Lipinski definition) is 2. The minimum Gasteiger partial charge on any atom is -0.447 e. The number of alkyl carbamates (subject to hydrolysis) is 1. The van der Waals surface area contributed by atoms with Gasteiger partial charge in [0.2, 0.25) is 0 Å². The van der Waals surface area contributed by atoms with Crippen LogP contribution in [0.1, 0.15) is 33.6 Å². The predicted molar refractivity (Wildman–Crippen MR) is 56.9 cm³/mol. The van der Waals surface area contributed by atoms with Gasteiger partial charge in [0.1, 0.15) is 12.2 Å². The van der Waals surface area contributed by atoms with E-state index < -0.39 is 23.3 Å². The fourth-order valence-corrected chi connectivity index (χ4v) is 1.19. The number of nitrogens with two attached hydrogens (primary N) is 1. The van der Waals surface area contributed by atoms with Gasteiger partial charge >= 0.3 is 12.2 Å². The summed E-state index contributed by atoms with van der Waals surface area (Å²) >= 11 is 0.